The lowest BCUT2D eigenvalue weighted by Gasteiger charge is -2.12. The molecule has 0 radical (unpaired) electrons. The van der Waals surface area contributed by atoms with E-state index < -0.39 is 18.5 Å². The summed E-state index contributed by atoms with van der Waals surface area (Å²) in [6.07, 6.45) is 1.42. The fourth-order valence-corrected chi connectivity index (χ4v) is 3.00. The van der Waals surface area contributed by atoms with E-state index in [1.54, 1.807) is 18.2 Å². The van der Waals surface area contributed by atoms with Gasteiger partial charge in [0.15, 0.2) is 6.61 Å². The number of hydrogen-bond donors (Lipinski definition) is 1. The van der Waals surface area contributed by atoms with Gasteiger partial charge in [-0.15, -0.1) is 0 Å². The number of ether oxygens (including phenoxy) is 1. The van der Waals surface area contributed by atoms with E-state index in [1.165, 1.54) is 6.08 Å². The van der Waals surface area contributed by atoms with E-state index in [-0.39, 0.29) is 5.57 Å². The van der Waals surface area contributed by atoms with Crippen molar-refractivity contribution in [2.75, 3.05) is 30.9 Å². The van der Waals surface area contributed by atoms with Crippen LogP contribution in [0.1, 0.15) is 16.7 Å². The number of anilines is 2. The first-order valence-electron chi connectivity index (χ1n) is 8.84. The first kappa shape index (κ1) is 22.0. The average molecular weight is 412 g/mol. The number of carbonyl (C=O) groups is 2. The highest BCUT2D eigenvalue weighted by molar-refractivity contribution is 6.34. The van der Waals surface area contributed by atoms with Gasteiger partial charge in [-0.05, 0) is 54.8 Å². The predicted octanol–water partition coefficient (Wildman–Crippen LogP) is 4.11. The fourth-order valence-electron chi connectivity index (χ4n) is 2.63. The van der Waals surface area contributed by atoms with Crippen molar-refractivity contribution in [1.82, 2.24) is 0 Å². The molecule has 0 aromatic heterocycles. The van der Waals surface area contributed by atoms with Crippen molar-refractivity contribution in [3.63, 3.8) is 0 Å². The number of nitriles is 1. The highest BCUT2D eigenvalue weighted by Crippen LogP contribution is 2.27. The summed E-state index contributed by atoms with van der Waals surface area (Å²) in [6, 6.07) is 12.7. The minimum atomic E-state index is -0.869. The Labute approximate surface area is 175 Å². The number of benzene rings is 2. The van der Waals surface area contributed by atoms with E-state index in [0.717, 1.165) is 16.8 Å². The third kappa shape index (κ3) is 6.09. The summed E-state index contributed by atoms with van der Waals surface area (Å²) in [5.41, 5.74) is 3.71. The quantitative estimate of drug-likeness (QED) is 0.439. The third-order valence-corrected chi connectivity index (χ3v) is 4.39. The van der Waals surface area contributed by atoms with Gasteiger partial charge < -0.3 is 15.0 Å². The molecule has 0 saturated heterocycles. The van der Waals surface area contributed by atoms with Crippen LogP contribution in [0.15, 0.2) is 42.0 Å². The van der Waals surface area contributed by atoms with E-state index in [9.17, 15) is 14.9 Å². The second kappa shape index (κ2) is 9.76. The number of nitrogens with one attached hydrogen (secondary N) is 1. The second-order valence-electron chi connectivity index (χ2n) is 6.72. The molecule has 2 rings (SSSR count). The van der Waals surface area contributed by atoms with Crippen molar-refractivity contribution in [3.05, 3.63) is 63.7 Å². The van der Waals surface area contributed by atoms with Crippen LogP contribution in [0.25, 0.3) is 6.08 Å². The zero-order chi connectivity index (χ0) is 21.6. The first-order chi connectivity index (χ1) is 13.7. The number of halogens is 1. The Bertz CT molecular complexity index is 966. The lowest BCUT2D eigenvalue weighted by Crippen LogP contribution is -2.22. The highest BCUT2D eigenvalue weighted by Gasteiger charge is 2.15. The molecule has 0 spiro atoms. The van der Waals surface area contributed by atoms with Gasteiger partial charge in [0.25, 0.3) is 5.91 Å². The van der Waals surface area contributed by atoms with Gasteiger partial charge in [-0.2, -0.15) is 5.26 Å². The van der Waals surface area contributed by atoms with Crippen molar-refractivity contribution in [2.24, 2.45) is 0 Å². The van der Waals surface area contributed by atoms with Gasteiger partial charge in [-0.1, -0.05) is 29.8 Å². The maximum absolute atomic E-state index is 12.2. The summed E-state index contributed by atoms with van der Waals surface area (Å²) in [5.74, 6) is -1.41. The molecule has 150 valence electrons. The molecular formula is C22H22ClN3O3. The first-order valence-corrected chi connectivity index (χ1v) is 9.22. The van der Waals surface area contributed by atoms with Crippen molar-refractivity contribution in [2.45, 2.75) is 13.8 Å². The molecule has 0 fully saturated rings. The normalized spacial score (nSPS) is 10.8. The van der Waals surface area contributed by atoms with Gasteiger partial charge in [0.05, 0.1) is 10.7 Å². The Balaban J connectivity index is 2.01. The van der Waals surface area contributed by atoms with Crippen molar-refractivity contribution in [3.8, 4) is 6.07 Å². The Kier molecular flexibility index (Phi) is 7.40. The van der Waals surface area contributed by atoms with Crippen molar-refractivity contribution >= 4 is 40.9 Å². The number of carbonyl (C=O) groups excluding carboxylic acids is 2. The van der Waals surface area contributed by atoms with Crippen molar-refractivity contribution in [1.29, 1.82) is 5.26 Å². The molecule has 29 heavy (non-hydrogen) atoms. The fraction of sp³-hybridized carbons (Fsp3) is 0.227. The molecule has 0 aliphatic heterocycles. The van der Waals surface area contributed by atoms with E-state index >= 15 is 0 Å². The third-order valence-electron chi connectivity index (χ3n) is 4.09. The van der Waals surface area contributed by atoms with Crippen LogP contribution in [0.2, 0.25) is 5.02 Å². The minimum absolute atomic E-state index is 0.194. The maximum atomic E-state index is 12.2. The van der Waals surface area contributed by atoms with Crippen molar-refractivity contribution < 1.29 is 14.3 Å². The van der Waals surface area contributed by atoms with Crippen LogP contribution in [0.3, 0.4) is 0 Å². The molecule has 6 nitrogen and oxygen atoms in total. The number of esters is 1. The Morgan fingerprint density at radius 3 is 2.41 bits per heavy atom. The number of amides is 1. The molecule has 1 N–H and O–H groups in total. The summed E-state index contributed by atoms with van der Waals surface area (Å²) in [6.45, 7) is 3.19. The molecule has 7 heteroatoms. The second-order valence-corrected chi connectivity index (χ2v) is 7.13. The zero-order valence-corrected chi connectivity index (χ0v) is 17.5. The van der Waals surface area contributed by atoms with E-state index in [2.05, 4.69) is 5.32 Å². The summed E-state index contributed by atoms with van der Waals surface area (Å²) in [4.78, 5) is 26.2. The van der Waals surface area contributed by atoms with E-state index in [0.29, 0.717) is 16.3 Å². The maximum Gasteiger partial charge on any atom is 0.349 e. The zero-order valence-electron chi connectivity index (χ0n) is 16.7. The molecule has 2 aromatic carbocycles. The molecule has 0 heterocycles. The number of hydrogen-bond acceptors (Lipinski definition) is 5. The molecule has 0 atom stereocenters. The molecule has 0 aliphatic rings. The van der Waals surface area contributed by atoms with E-state index in [4.69, 9.17) is 16.3 Å². The highest BCUT2D eigenvalue weighted by atomic mass is 35.5. The van der Waals surface area contributed by atoms with Crippen LogP contribution >= 0.6 is 11.6 Å². The summed E-state index contributed by atoms with van der Waals surface area (Å²) < 4.78 is 4.97. The predicted molar refractivity (Wildman–Crippen MR) is 115 cm³/mol. The minimum Gasteiger partial charge on any atom is -0.451 e. The molecule has 2 aromatic rings. The standard InChI is InChI=1S/C22H22ClN3O3/c1-14-9-15(2)21(19(23)10-14)25-20(27)13-29-22(28)17(12-24)11-16-5-7-18(8-6-16)26(3)4/h5-11H,13H2,1-4H3,(H,25,27)/b17-11+. The smallest absolute Gasteiger partial charge is 0.349 e. The van der Waals surface area contributed by atoms with Crippen LogP contribution in [-0.4, -0.2) is 32.6 Å². The van der Waals surface area contributed by atoms with Crippen LogP contribution in [0.5, 0.6) is 0 Å². The monoisotopic (exact) mass is 411 g/mol. The number of aryl methyl sites for hydroxylation is 2. The number of nitrogens with zero attached hydrogens (tertiary/aromatic N) is 2. The average Bonchev–Trinajstić information content (AvgIpc) is 2.67. The van der Waals surface area contributed by atoms with Gasteiger partial charge in [0.2, 0.25) is 0 Å². The summed E-state index contributed by atoms with van der Waals surface area (Å²) >= 11 is 6.16. The van der Waals surface area contributed by atoms with Gasteiger partial charge in [0, 0.05) is 19.8 Å². The molecule has 0 saturated carbocycles. The van der Waals surface area contributed by atoms with Gasteiger partial charge >= 0.3 is 5.97 Å². The Morgan fingerprint density at radius 2 is 1.86 bits per heavy atom. The SMILES string of the molecule is Cc1cc(C)c(NC(=O)COC(=O)/C(C#N)=C/c2ccc(N(C)C)cc2)c(Cl)c1. The van der Waals surface area contributed by atoms with Crippen LogP contribution < -0.4 is 10.2 Å². The topological polar surface area (TPSA) is 82.4 Å². The summed E-state index contributed by atoms with van der Waals surface area (Å²) in [5, 5.41) is 12.3. The molecule has 0 bridgehead atoms. The lowest BCUT2D eigenvalue weighted by atomic mass is 10.1. The molecule has 0 unspecified atom stereocenters. The van der Waals surface area contributed by atoms with Crippen LogP contribution in [-0.2, 0) is 14.3 Å². The van der Waals surface area contributed by atoms with Gasteiger partial charge in [0.1, 0.15) is 11.6 Å². The Hall–Kier alpha value is -3.30. The van der Waals surface area contributed by atoms with Crippen LogP contribution in [0.4, 0.5) is 11.4 Å². The van der Waals surface area contributed by atoms with Crippen LogP contribution in [0, 0.1) is 25.2 Å². The van der Waals surface area contributed by atoms with Gasteiger partial charge in [-0.3, -0.25) is 4.79 Å². The van der Waals surface area contributed by atoms with Gasteiger partial charge in [-0.25, -0.2) is 4.79 Å². The van der Waals surface area contributed by atoms with E-state index in [1.807, 2.05) is 57.1 Å². The molecule has 1 amide bonds. The largest absolute Gasteiger partial charge is 0.451 e. The Morgan fingerprint density at radius 1 is 1.21 bits per heavy atom. The molecular weight excluding hydrogens is 390 g/mol. The molecule has 0 aliphatic carbocycles. The number of rotatable bonds is 6. The summed E-state index contributed by atoms with van der Waals surface area (Å²) in [7, 11) is 3.83. The lowest BCUT2D eigenvalue weighted by molar-refractivity contribution is -0.142.